The van der Waals surface area contributed by atoms with Crippen LogP contribution in [0.5, 0.6) is 11.5 Å². The van der Waals surface area contributed by atoms with Crippen molar-refractivity contribution in [2.45, 2.75) is 39.3 Å². The van der Waals surface area contributed by atoms with Crippen LogP contribution in [0.3, 0.4) is 0 Å². The molecule has 1 aliphatic heterocycles. The van der Waals surface area contributed by atoms with Crippen molar-refractivity contribution in [2.24, 2.45) is 11.7 Å². The molecule has 1 aromatic carbocycles. The fourth-order valence-electron chi connectivity index (χ4n) is 3.32. The molecule has 2 unspecified atom stereocenters. The van der Waals surface area contributed by atoms with E-state index in [9.17, 15) is 9.90 Å². The van der Waals surface area contributed by atoms with Gasteiger partial charge in [0.1, 0.15) is 30.5 Å². The van der Waals surface area contributed by atoms with Crippen LogP contribution in [0.2, 0.25) is 0 Å². The quantitative estimate of drug-likeness (QED) is 0.781. The van der Waals surface area contributed by atoms with E-state index in [0.29, 0.717) is 36.3 Å². The van der Waals surface area contributed by atoms with Crippen molar-refractivity contribution in [1.82, 2.24) is 4.98 Å². The summed E-state index contributed by atoms with van der Waals surface area (Å²) >= 11 is 0. The monoisotopic (exact) mass is 386 g/mol. The van der Waals surface area contributed by atoms with Gasteiger partial charge >= 0.3 is 6.09 Å². The van der Waals surface area contributed by atoms with Crippen LogP contribution in [-0.2, 0) is 6.61 Å². The highest BCUT2D eigenvalue weighted by Gasteiger charge is 2.23. The fourth-order valence-corrected chi connectivity index (χ4v) is 3.32. The van der Waals surface area contributed by atoms with Gasteiger partial charge in [-0.3, -0.25) is 4.90 Å². The lowest BCUT2D eigenvalue weighted by molar-refractivity contribution is 0.203. The zero-order valence-corrected chi connectivity index (χ0v) is 16.6. The van der Waals surface area contributed by atoms with E-state index in [1.54, 1.807) is 24.4 Å². The number of anilines is 1. The predicted molar refractivity (Wildman–Crippen MR) is 108 cm³/mol. The van der Waals surface area contributed by atoms with Crippen LogP contribution in [-0.4, -0.2) is 35.4 Å². The molecule has 28 heavy (non-hydrogen) atoms. The number of carboxylic acid groups (broad SMARTS) is 1. The van der Waals surface area contributed by atoms with E-state index in [-0.39, 0.29) is 0 Å². The number of aromatic nitrogens is 1. The maximum absolute atomic E-state index is 11.2. The summed E-state index contributed by atoms with van der Waals surface area (Å²) in [5.74, 6) is 1.81. The summed E-state index contributed by atoms with van der Waals surface area (Å²) in [5, 5.41) is 9.19. The summed E-state index contributed by atoms with van der Waals surface area (Å²) in [6.45, 7) is 5.35. The summed E-state index contributed by atoms with van der Waals surface area (Å²) in [4.78, 5) is 16.5. The third-order valence-corrected chi connectivity index (χ3v) is 4.54. The standard InChI is InChI=1S/C21H27N3O4/c1-13(2)9-21(3,22)12-28-15-5-6-16-17-8-19(24(4)20(25)26)23-10-14(17)11-27-18(16)7-15/h5-8,10,13H,9,11-12,22H2,1-4H3,(H,25,26)/i12D. The molecule has 0 aliphatic carbocycles. The van der Waals surface area contributed by atoms with Gasteiger partial charge in [0.15, 0.2) is 0 Å². The highest BCUT2D eigenvalue weighted by Crippen LogP contribution is 2.40. The molecule has 0 bridgehead atoms. The van der Waals surface area contributed by atoms with E-state index >= 15 is 0 Å². The molecule has 3 rings (SSSR count). The molecule has 1 amide bonds. The average Bonchev–Trinajstić information content (AvgIpc) is 2.65. The molecule has 3 N–H and O–H groups in total. The van der Waals surface area contributed by atoms with Gasteiger partial charge in [-0.05, 0) is 43.0 Å². The van der Waals surface area contributed by atoms with Crippen LogP contribution in [0.4, 0.5) is 10.6 Å². The second-order valence-corrected chi connectivity index (χ2v) is 7.83. The molecule has 2 atom stereocenters. The molecule has 0 spiro atoms. The number of fused-ring (bicyclic) bond motifs is 3. The summed E-state index contributed by atoms with van der Waals surface area (Å²) < 4.78 is 19.9. The molecule has 0 radical (unpaired) electrons. The Bertz CT molecular complexity index is 917. The Kier molecular flexibility index (Phi) is 5.09. The number of hydrogen-bond acceptors (Lipinski definition) is 5. The number of pyridine rings is 1. The highest BCUT2D eigenvalue weighted by molar-refractivity contribution is 5.86. The molecule has 0 saturated heterocycles. The zero-order chi connectivity index (χ0) is 21.3. The molecule has 2 heterocycles. The minimum Gasteiger partial charge on any atom is -0.492 e. The van der Waals surface area contributed by atoms with Crippen molar-refractivity contribution in [3.8, 4) is 22.6 Å². The second-order valence-electron chi connectivity index (χ2n) is 7.83. The lowest BCUT2D eigenvalue weighted by Gasteiger charge is -2.27. The first-order valence-corrected chi connectivity index (χ1v) is 9.19. The SMILES string of the molecule is [2H]C(Oc1ccc2c(c1)OCc1cnc(N(C)C(=O)O)cc1-2)C(C)(N)CC(C)C. The topological polar surface area (TPSA) is 97.9 Å². The van der Waals surface area contributed by atoms with Gasteiger partial charge in [0.2, 0.25) is 0 Å². The van der Waals surface area contributed by atoms with E-state index in [4.69, 9.17) is 16.6 Å². The maximum atomic E-state index is 11.2. The third-order valence-electron chi connectivity index (χ3n) is 4.54. The smallest absolute Gasteiger partial charge is 0.412 e. The number of rotatable bonds is 6. The van der Waals surface area contributed by atoms with E-state index < -0.39 is 18.2 Å². The first kappa shape index (κ1) is 18.6. The number of amides is 1. The number of hydrogen-bond donors (Lipinski definition) is 2. The Morgan fingerprint density at radius 2 is 2.21 bits per heavy atom. The van der Waals surface area contributed by atoms with Crippen LogP contribution < -0.4 is 20.1 Å². The minimum absolute atomic E-state index is 0.322. The van der Waals surface area contributed by atoms with Gasteiger partial charge in [-0.2, -0.15) is 0 Å². The molecule has 0 fully saturated rings. The summed E-state index contributed by atoms with van der Waals surface area (Å²) in [6.07, 6.45) is 1.22. The van der Waals surface area contributed by atoms with Crippen molar-refractivity contribution in [3.05, 3.63) is 36.0 Å². The second kappa shape index (κ2) is 7.67. The van der Waals surface area contributed by atoms with Crippen molar-refractivity contribution in [1.29, 1.82) is 0 Å². The largest absolute Gasteiger partial charge is 0.492 e. The first-order valence-electron chi connectivity index (χ1n) is 9.77. The Morgan fingerprint density at radius 1 is 1.46 bits per heavy atom. The first-order chi connectivity index (χ1) is 13.6. The number of ether oxygens (including phenoxy) is 2. The molecule has 7 heteroatoms. The lowest BCUT2D eigenvalue weighted by Crippen LogP contribution is -2.43. The predicted octanol–water partition coefficient (Wildman–Crippen LogP) is 3.90. The lowest BCUT2D eigenvalue weighted by atomic mass is 9.93. The summed E-state index contributed by atoms with van der Waals surface area (Å²) in [6, 6.07) is 7.09. The minimum atomic E-state index is -1.08. The molecule has 1 aliphatic rings. The van der Waals surface area contributed by atoms with Crippen molar-refractivity contribution in [3.63, 3.8) is 0 Å². The Morgan fingerprint density at radius 3 is 2.89 bits per heavy atom. The summed E-state index contributed by atoms with van der Waals surface area (Å²) in [7, 11) is 1.45. The van der Waals surface area contributed by atoms with Crippen LogP contribution in [0.1, 0.15) is 34.1 Å². The molecular weight excluding hydrogens is 358 g/mol. The summed E-state index contributed by atoms with van der Waals surface area (Å²) in [5.41, 5.74) is 8.05. The van der Waals surface area contributed by atoms with Crippen molar-refractivity contribution >= 4 is 11.9 Å². The van der Waals surface area contributed by atoms with Gasteiger partial charge in [-0.15, -0.1) is 0 Å². The molecular formula is C21H27N3O4. The highest BCUT2D eigenvalue weighted by atomic mass is 16.5. The van der Waals surface area contributed by atoms with Gasteiger partial charge in [-0.25, -0.2) is 9.78 Å². The van der Waals surface area contributed by atoms with Crippen LogP contribution in [0, 0.1) is 5.92 Å². The average molecular weight is 386 g/mol. The van der Waals surface area contributed by atoms with Crippen LogP contribution in [0.15, 0.2) is 30.5 Å². The molecule has 2 aromatic rings. The van der Waals surface area contributed by atoms with Crippen molar-refractivity contribution in [2.75, 3.05) is 18.5 Å². The maximum Gasteiger partial charge on any atom is 0.412 e. The Balaban J connectivity index is 1.86. The Labute approximate surface area is 166 Å². The number of carbonyl (C=O) groups is 1. The fraction of sp³-hybridized carbons (Fsp3) is 0.429. The van der Waals surface area contributed by atoms with Gasteiger partial charge < -0.3 is 20.3 Å². The molecule has 1 aromatic heterocycles. The van der Waals surface area contributed by atoms with E-state index in [1.807, 2.05) is 13.0 Å². The van der Waals surface area contributed by atoms with E-state index in [0.717, 1.165) is 21.6 Å². The molecule has 150 valence electrons. The molecule has 7 nitrogen and oxygen atoms in total. The van der Waals surface area contributed by atoms with Gasteiger partial charge in [0.25, 0.3) is 0 Å². The van der Waals surface area contributed by atoms with Gasteiger partial charge in [-0.1, -0.05) is 13.8 Å². The van der Waals surface area contributed by atoms with Gasteiger partial charge in [0, 0.05) is 36.0 Å². The third kappa shape index (κ3) is 4.36. The van der Waals surface area contributed by atoms with Crippen molar-refractivity contribution < 1.29 is 20.7 Å². The van der Waals surface area contributed by atoms with E-state index in [2.05, 4.69) is 18.8 Å². The molecule has 0 saturated carbocycles. The number of nitrogens with two attached hydrogens (primary N) is 1. The number of benzene rings is 1. The van der Waals surface area contributed by atoms with E-state index in [1.165, 1.54) is 7.05 Å². The zero-order valence-electron chi connectivity index (χ0n) is 17.6. The Hall–Kier alpha value is -2.80. The number of nitrogens with zero attached hydrogens (tertiary/aromatic N) is 2. The van der Waals surface area contributed by atoms with Gasteiger partial charge in [0.05, 0.1) is 1.37 Å². The van der Waals surface area contributed by atoms with Crippen LogP contribution >= 0.6 is 0 Å². The van der Waals surface area contributed by atoms with Crippen LogP contribution in [0.25, 0.3) is 11.1 Å². The normalized spacial score (nSPS) is 16.1.